The summed E-state index contributed by atoms with van der Waals surface area (Å²) < 4.78 is 10.6. The van der Waals surface area contributed by atoms with Crippen molar-refractivity contribution in [1.82, 2.24) is 9.97 Å². The molecule has 0 bridgehead atoms. The van der Waals surface area contributed by atoms with Crippen molar-refractivity contribution < 1.29 is 9.47 Å². The van der Waals surface area contributed by atoms with Crippen molar-refractivity contribution in [2.24, 2.45) is 0 Å². The summed E-state index contributed by atoms with van der Waals surface area (Å²) in [4.78, 5) is 7.61. The molecule has 5 nitrogen and oxygen atoms in total. The van der Waals surface area contributed by atoms with E-state index >= 15 is 0 Å². The molecule has 0 fully saturated rings. The van der Waals surface area contributed by atoms with Crippen molar-refractivity contribution in [3.8, 4) is 5.88 Å². The topological polar surface area (TPSA) is 70.3 Å². The maximum absolute atomic E-state index is 5.83. The van der Waals surface area contributed by atoms with Gasteiger partial charge in [0.1, 0.15) is 11.1 Å². The molecule has 6 heteroatoms. The number of ether oxygens (including phenoxy) is 2. The fourth-order valence-electron chi connectivity index (χ4n) is 0.955. The second-order valence-corrected chi connectivity index (χ2v) is 3.38. The molecule has 0 saturated carbocycles. The summed E-state index contributed by atoms with van der Waals surface area (Å²) >= 11 is 5.83. The minimum Gasteiger partial charge on any atom is -0.471 e. The number of nitrogen functional groups attached to an aromatic ring is 1. The molecule has 0 radical (unpaired) electrons. The Balaban J connectivity index is 2.59. The van der Waals surface area contributed by atoms with Gasteiger partial charge in [-0.15, -0.1) is 0 Å². The van der Waals surface area contributed by atoms with Crippen LogP contribution in [0.1, 0.15) is 13.8 Å². The van der Waals surface area contributed by atoms with Crippen molar-refractivity contribution in [1.29, 1.82) is 0 Å². The highest BCUT2D eigenvalue weighted by Gasteiger charge is 2.09. The predicted octanol–water partition coefficient (Wildman–Crippen LogP) is 1.52. The van der Waals surface area contributed by atoms with Crippen LogP contribution in [-0.4, -0.2) is 29.3 Å². The van der Waals surface area contributed by atoms with Crippen molar-refractivity contribution in [3.05, 3.63) is 11.2 Å². The first-order valence-corrected chi connectivity index (χ1v) is 5.03. The quantitative estimate of drug-likeness (QED) is 0.832. The van der Waals surface area contributed by atoms with E-state index in [1.807, 2.05) is 13.8 Å². The molecule has 0 aliphatic rings. The van der Waals surface area contributed by atoms with E-state index < -0.39 is 0 Å². The number of rotatable bonds is 5. The molecule has 2 N–H and O–H groups in total. The molecule has 0 saturated heterocycles. The Hall–Kier alpha value is -1.07. The van der Waals surface area contributed by atoms with Crippen molar-refractivity contribution in [2.45, 2.75) is 20.0 Å². The van der Waals surface area contributed by atoms with Gasteiger partial charge in [0.25, 0.3) is 0 Å². The molecule has 0 spiro atoms. The monoisotopic (exact) mass is 231 g/mol. The Morgan fingerprint density at radius 1 is 1.60 bits per heavy atom. The third-order valence-electron chi connectivity index (χ3n) is 1.60. The molecule has 15 heavy (non-hydrogen) atoms. The predicted molar refractivity (Wildman–Crippen MR) is 58.0 cm³/mol. The first-order valence-electron chi connectivity index (χ1n) is 4.66. The molecule has 1 heterocycles. The lowest BCUT2D eigenvalue weighted by atomic mass is 10.4. The Bertz CT molecular complexity index is 322. The fourth-order valence-corrected chi connectivity index (χ4v) is 1.09. The highest BCUT2D eigenvalue weighted by molar-refractivity contribution is 6.31. The van der Waals surface area contributed by atoms with Gasteiger partial charge in [-0.2, -0.15) is 4.98 Å². The van der Waals surface area contributed by atoms with Gasteiger partial charge in [0.05, 0.1) is 12.8 Å². The Morgan fingerprint density at radius 2 is 2.33 bits per heavy atom. The van der Waals surface area contributed by atoms with Crippen LogP contribution in [0.15, 0.2) is 6.20 Å². The summed E-state index contributed by atoms with van der Waals surface area (Å²) in [6, 6.07) is 0. The lowest BCUT2D eigenvalue weighted by Crippen LogP contribution is -2.20. The van der Waals surface area contributed by atoms with E-state index in [4.69, 9.17) is 26.8 Å². The summed E-state index contributed by atoms with van der Waals surface area (Å²) in [6.07, 6.45) is 1.28. The van der Waals surface area contributed by atoms with E-state index in [0.717, 1.165) is 0 Å². The Labute approximate surface area is 93.6 Å². The van der Waals surface area contributed by atoms with Gasteiger partial charge in [-0.05, 0) is 13.8 Å². The summed E-state index contributed by atoms with van der Waals surface area (Å²) in [5.74, 6) is 0.425. The van der Waals surface area contributed by atoms with E-state index in [1.54, 1.807) is 0 Å². The maximum atomic E-state index is 5.83. The maximum Gasteiger partial charge on any atom is 0.237 e. The number of anilines is 1. The molecule has 1 unspecified atom stereocenters. The molecule has 84 valence electrons. The van der Waals surface area contributed by atoms with Gasteiger partial charge in [-0.3, -0.25) is 0 Å². The minimum atomic E-state index is -0.128. The van der Waals surface area contributed by atoms with Gasteiger partial charge in [-0.1, -0.05) is 11.6 Å². The molecule has 1 aromatic heterocycles. The smallest absolute Gasteiger partial charge is 0.237 e. The zero-order valence-corrected chi connectivity index (χ0v) is 9.49. The third-order valence-corrected chi connectivity index (χ3v) is 1.86. The van der Waals surface area contributed by atoms with Crippen LogP contribution < -0.4 is 10.5 Å². The summed E-state index contributed by atoms with van der Waals surface area (Å²) in [5, 5.41) is 0.340. The fraction of sp³-hybridized carbons (Fsp3) is 0.556. The summed E-state index contributed by atoms with van der Waals surface area (Å²) in [7, 11) is 0. The number of nitrogens with two attached hydrogens (primary N) is 1. The highest BCUT2D eigenvalue weighted by atomic mass is 35.5. The van der Waals surface area contributed by atoms with Gasteiger partial charge in [-0.25, -0.2) is 4.98 Å². The molecule has 1 atom stereocenters. The normalized spacial score (nSPS) is 12.5. The van der Waals surface area contributed by atoms with Crippen LogP contribution in [-0.2, 0) is 4.74 Å². The molecule has 0 aliphatic heterocycles. The van der Waals surface area contributed by atoms with Gasteiger partial charge in [0, 0.05) is 6.61 Å². The molecule has 0 aromatic carbocycles. The van der Waals surface area contributed by atoms with Crippen molar-refractivity contribution in [3.63, 3.8) is 0 Å². The minimum absolute atomic E-state index is 0.128. The van der Waals surface area contributed by atoms with E-state index in [2.05, 4.69) is 9.97 Å². The van der Waals surface area contributed by atoms with Crippen molar-refractivity contribution >= 4 is 17.5 Å². The van der Waals surface area contributed by atoms with Crippen LogP contribution in [0.3, 0.4) is 0 Å². The third kappa shape index (κ3) is 3.89. The van der Waals surface area contributed by atoms with Gasteiger partial charge in [0.15, 0.2) is 0 Å². The van der Waals surface area contributed by atoms with Crippen LogP contribution >= 0.6 is 11.6 Å². The number of halogens is 1. The number of nitrogens with zero attached hydrogens (tertiary/aromatic N) is 2. The summed E-state index contributed by atoms with van der Waals surface area (Å²) in [6.45, 7) is 4.91. The van der Waals surface area contributed by atoms with Crippen LogP contribution in [0.5, 0.6) is 5.88 Å². The van der Waals surface area contributed by atoms with E-state index in [1.165, 1.54) is 6.20 Å². The van der Waals surface area contributed by atoms with Gasteiger partial charge >= 0.3 is 0 Å². The second kappa shape index (κ2) is 5.72. The van der Waals surface area contributed by atoms with Crippen molar-refractivity contribution in [2.75, 3.05) is 18.9 Å². The lowest BCUT2D eigenvalue weighted by molar-refractivity contribution is 0.0634. The lowest BCUT2D eigenvalue weighted by Gasteiger charge is -2.14. The van der Waals surface area contributed by atoms with Gasteiger partial charge < -0.3 is 15.2 Å². The highest BCUT2D eigenvalue weighted by Crippen LogP contribution is 2.21. The van der Waals surface area contributed by atoms with Gasteiger partial charge in [0.2, 0.25) is 11.8 Å². The Morgan fingerprint density at radius 3 is 3.00 bits per heavy atom. The average Bonchev–Trinajstić information content (AvgIpc) is 2.20. The van der Waals surface area contributed by atoms with E-state index in [0.29, 0.717) is 18.2 Å². The standard InChI is InChI=1S/C9H14ClN3O2/c1-3-14-5-6(2)15-8-7(10)4-12-9(11)13-8/h4,6H,3,5H2,1-2H3,(H2,11,12,13). The van der Waals surface area contributed by atoms with E-state index in [9.17, 15) is 0 Å². The molecule has 1 aromatic rings. The van der Waals surface area contributed by atoms with Crippen LogP contribution in [0.25, 0.3) is 0 Å². The number of hydrogen-bond donors (Lipinski definition) is 1. The number of aromatic nitrogens is 2. The molecule has 0 aliphatic carbocycles. The number of hydrogen-bond acceptors (Lipinski definition) is 5. The zero-order valence-electron chi connectivity index (χ0n) is 8.74. The SMILES string of the molecule is CCOCC(C)Oc1nc(N)ncc1Cl. The average molecular weight is 232 g/mol. The van der Waals surface area contributed by atoms with Crippen LogP contribution in [0.2, 0.25) is 5.02 Å². The first kappa shape index (κ1) is 12.0. The molecule has 1 rings (SSSR count). The van der Waals surface area contributed by atoms with E-state index in [-0.39, 0.29) is 17.9 Å². The Kier molecular flexibility index (Phi) is 4.58. The van der Waals surface area contributed by atoms with Crippen LogP contribution in [0.4, 0.5) is 5.95 Å². The molecular weight excluding hydrogens is 218 g/mol. The van der Waals surface area contributed by atoms with Crippen LogP contribution in [0, 0.1) is 0 Å². The molecular formula is C9H14ClN3O2. The molecule has 0 amide bonds. The largest absolute Gasteiger partial charge is 0.471 e. The second-order valence-electron chi connectivity index (χ2n) is 2.97. The summed E-state index contributed by atoms with van der Waals surface area (Å²) in [5.41, 5.74) is 5.41. The zero-order chi connectivity index (χ0) is 11.3. The first-order chi connectivity index (χ1) is 7.13.